The third-order valence-electron chi connectivity index (χ3n) is 2.22. The second-order valence-corrected chi connectivity index (χ2v) is 4.28. The van der Waals surface area contributed by atoms with E-state index in [4.69, 9.17) is 10.8 Å². The van der Waals surface area contributed by atoms with E-state index in [-0.39, 0.29) is 25.6 Å². The zero-order valence-corrected chi connectivity index (χ0v) is 10.1. The molecule has 0 unspecified atom stereocenters. The van der Waals surface area contributed by atoms with Crippen LogP contribution < -0.4 is 16.4 Å². The Morgan fingerprint density at radius 3 is 2.24 bits per heavy atom. The van der Waals surface area contributed by atoms with Crippen molar-refractivity contribution in [3.05, 3.63) is 0 Å². The smallest absolute Gasteiger partial charge is 0.239 e. The molecular weight excluding hydrogens is 226 g/mol. The molecule has 5 N–H and O–H groups in total. The molecule has 0 heterocycles. The summed E-state index contributed by atoms with van der Waals surface area (Å²) in [5, 5.41) is 13.4. The first-order valence-electron chi connectivity index (χ1n) is 5.24. The van der Waals surface area contributed by atoms with Crippen molar-refractivity contribution in [1.82, 2.24) is 10.6 Å². The first-order chi connectivity index (χ1) is 7.79. The number of aliphatic hydroxyl groups excluding tert-OH is 1. The summed E-state index contributed by atoms with van der Waals surface area (Å²) in [6.45, 7) is 2.75. The summed E-state index contributed by atoms with van der Waals surface area (Å²) in [7, 11) is 0. The number of nitrogens with two attached hydrogens (primary N) is 1. The second-order valence-electron chi connectivity index (χ2n) is 4.28. The SMILES string of the molecule is CC(C)(CCO)C(=O)NCC(=O)NCC(N)=O. The molecule has 0 fully saturated rings. The predicted molar refractivity (Wildman–Crippen MR) is 60.7 cm³/mol. The number of rotatable bonds is 7. The van der Waals surface area contributed by atoms with Gasteiger partial charge in [-0.15, -0.1) is 0 Å². The molecular formula is C10H19N3O4. The quantitative estimate of drug-likeness (QED) is 0.419. The minimum Gasteiger partial charge on any atom is -0.396 e. The van der Waals surface area contributed by atoms with E-state index in [2.05, 4.69) is 10.6 Å². The van der Waals surface area contributed by atoms with Gasteiger partial charge in [-0.3, -0.25) is 14.4 Å². The maximum absolute atomic E-state index is 11.6. The lowest BCUT2D eigenvalue weighted by Gasteiger charge is -2.22. The number of carbonyl (C=O) groups is 3. The van der Waals surface area contributed by atoms with Crippen LogP contribution in [0.3, 0.4) is 0 Å². The van der Waals surface area contributed by atoms with Gasteiger partial charge in [0.1, 0.15) is 0 Å². The highest BCUT2D eigenvalue weighted by Gasteiger charge is 2.26. The zero-order chi connectivity index (χ0) is 13.5. The Morgan fingerprint density at radius 2 is 1.76 bits per heavy atom. The van der Waals surface area contributed by atoms with Crippen LogP contribution in [0.2, 0.25) is 0 Å². The van der Waals surface area contributed by atoms with Gasteiger partial charge < -0.3 is 21.5 Å². The van der Waals surface area contributed by atoms with Gasteiger partial charge in [0.25, 0.3) is 0 Å². The molecule has 0 aliphatic rings. The van der Waals surface area contributed by atoms with E-state index >= 15 is 0 Å². The molecule has 0 spiro atoms. The molecule has 0 aromatic carbocycles. The Labute approximate surface area is 99.7 Å². The fourth-order valence-corrected chi connectivity index (χ4v) is 1.04. The van der Waals surface area contributed by atoms with E-state index < -0.39 is 17.2 Å². The maximum Gasteiger partial charge on any atom is 0.239 e. The first-order valence-corrected chi connectivity index (χ1v) is 5.24. The van der Waals surface area contributed by atoms with Gasteiger partial charge in [0.15, 0.2) is 0 Å². The summed E-state index contributed by atoms with van der Waals surface area (Å²) in [6.07, 6.45) is 0.307. The Balaban J connectivity index is 3.99. The molecule has 0 rings (SSSR count). The monoisotopic (exact) mass is 245 g/mol. The number of amides is 3. The van der Waals surface area contributed by atoms with Crippen LogP contribution in [-0.2, 0) is 14.4 Å². The molecule has 0 saturated carbocycles. The first kappa shape index (κ1) is 15.4. The molecule has 98 valence electrons. The van der Waals surface area contributed by atoms with Gasteiger partial charge in [-0.2, -0.15) is 0 Å². The van der Waals surface area contributed by atoms with Gasteiger partial charge >= 0.3 is 0 Å². The number of carbonyl (C=O) groups excluding carboxylic acids is 3. The fraction of sp³-hybridized carbons (Fsp3) is 0.700. The molecule has 0 aromatic heterocycles. The molecule has 0 aromatic rings. The summed E-state index contributed by atoms with van der Waals surface area (Å²) < 4.78 is 0. The van der Waals surface area contributed by atoms with Crippen molar-refractivity contribution in [3.63, 3.8) is 0 Å². The van der Waals surface area contributed by atoms with E-state index in [1.165, 1.54) is 0 Å². The molecule has 0 aliphatic carbocycles. The topological polar surface area (TPSA) is 122 Å². The highest BCUT2D eigenvalue weighted by molar-refractivity contribution is 5.89. The van der Waals surface area contributed by atoms with Crippen molar-refractivity contribution in [2.45, 2.75) is 20.3 Å². The number of primary amides is 1. The molecule has 17 heavy (non-hydrogen) atoms. The largest absolute Gasteiger partial charge is 0.396 e. The van der Waals surface area contributed by atoms with Crippen molar-refractivity contribution in [2.24, 2.45) is 11.1 Å². The minimum absolute atomic E-state index is 0.103. The summed E-state index contributed by atoms with van der Waals surface area (Å²) >= 11 is 0. The van der Waals surface area contributed by atoms with Gasteiger partial charge in [-0.1, -0.05) is 13.8 Å². The molecule has 0 saturated heterocycles. The lowest BCUT2D eigenvalue weighted by Crippen LogP contribution is -2.44. The van der Waals surface area contributed by atoms with Gasteiger partial charge in [0.05, 0.1) is 13.1 Å². The highest BCUT2D eigenvalue weighted by atomic mass is 16.3. The molecule has 3 amide bonds. The Morgan fingerprint density at radius 1 is 1.18 bits per heavy atom. The third-order valence-corrected chi connectivity index (χ3v) is 2.22. The van der Waals surface area contributed by atoms with Crippen LogP contribution in [0, 0.1) is 5.41 Å². The van der Waals surface area contributed by atoms with Crippen molar-refractivity contribution >= 4 is 17.7 Å². The van der Waals surface area contributed by atoms with Crippen LogP contribution in [0.5, 0.6) is 0 Å². The normalized spacial score (nSPS) is 10.8. The molecule has 0 radical (unpaired) electrons. The predicted octanol–water partition coefficient (Wildman–Crippen LogP) is -1.89. The van der Waals surface area contributed by atoms with E-state index in [0.717, 1.165) is 0 Å². The van der Waals surface area contributed by atoms with Gasteiger partial charge in [0, 0.05) is 12.0 Å². The zero-order valence-electron chi connectivity index (χ0n) is 10.1. The summed E-state index contributed by atoms with van der Waals surface area (Å²) in [4.78, 5) is 33.1. The van der Waals surface area contributed by atoms with Crippen LogP contribution in [-0.4, -0.2) is 42.5 Å². The highest BCUT2D eigenvalue weighted by Crippen LogP contribution is 2.19. The lowest BCUT2D eigenvalue weighted by atomic mass is 9.89. The minimum atomic E-state index is -0.737. The maximum atomic E-state index is 11.6. The lowest BCUT2D eigenvalue weighted by molar-refractivity contribution is -0.132. The Hall–Kier alpha value is -1.63. The fourth-order valence-electron chi connectivity index (χ4n) is 1.04. The van der Waals surface area contributed by atoms with Gasteiger partial charge in [-0.05, 0) is 6.42 Å². The summed E-state index contributed by atoms with van der Waals surface area (Å²) in [6, 6.07) is 0. The van der Waals surface area contributed by atoms with Crippen molar-refractivity contribution < 1.29 is 19.5 Å². The van der Waals surface area contributed by atoms with Crippen molar-refractivity contribution in [2.75, 3.05) is 19.7 Å². The standard InChI is InChI=1S/C10H19N3O4/c1-10(2,3-4-14)9(17)13-6-8(16)12-5-7(11)15/h14H,3-6H2,1-2H3,(H2,11,15)(H,12,16)(H,13,17). The molecule has 7 nitrogen and oxygen atoms in total. The molecule has 0 aliphatic heterocycles. The number of aliphatic hydroxyl groups is 1. The average molecular weight is 245 g/mol. The van der Waals surface area contributed by atoms with E-state index in [1.54, 1.807) is 13.8 Å². The number of hydrogen-bond donors (Lipinski definition) is 4. The number of nitrogens with one attached hydrogen (secondary N) is 2. The number of hydrogen-bond acceptors (Lipinski definition) is 4. The Bertz CT molecular complexity index is 302. The van der Waals surface area contributed by atoms with Crippen LogP contribution in [0.25, 0.3) is 0 Å². The van der Waals surface area contributed by atoms with Gasteiger partial charge in [0.2, 0.25) is 17.7 Å². The molecule has 0 atom stereocenters. The molecule has 7 heteroatoms. The average Bonchev–Trinajstić information content (AvgIpc) is 2.22. The van der Waals surface area contributed by atoms with Crippen molar-refractivity contribution in [3.8, 4) is 0 Å². The second kappa shape index (κ2) is 6.85. The third kappa shape index (κ3) is 6.52. The van der Waals surface area contributed by atoms with Crippen LogP contribution in [0.4, 0.5) is 0 Å². The Kier molecular flexibility index (Phi) is 6.19. The van der Waals surface area contributed by atoms with Crippen LogP contribution >= 0.6 is 0 Å². The molecule has 0 bridgehead atoms. The van der Waals surface area contributed by atoms with E-state index in [0.29, 0.717) is 6.42 Å². The van der Waals surface area contributed by atoms with Crippen LogP contribution in [0.15, 0.2) is 0 Å². The van der Waals surface area contributed by atoms with Gasteiger partial charge in [-0.25, -0.2) is 0 Å². The summed E-state index contributed by atoms with van der Waals surface area (Å²) in [5.41, 5.74) is 4.10. The summed E-state index contributed by atoms with van der Waals surface area (Å²) in [5.74, 6) is -1.47. The van der Waals surface area contributed by atoms with E-state index in [9.17, 15) is 14.4 Å². The van der Waals surface area contributed by atoms with E-state index in [1.807, 2.05) is 0 Å². The van der Waals surface area contributed by atoms with Crippen LogP contribution in [0.1, 0.15) is 20.3 Å². The van der Waals surface area contributed by atoms with Crippen molar-refractivity contribution in [1.29, 1.82) is 0 Å².